The zero-order chi connectivity index (χ0) is 10.9. The fourth-order valence-corrected chi connectivity index (χ4v) is 1.69. The van der Waals surface area contributed by atoms with Crippen LogP contribution in [0.15, 0.2) is 11.6 Å². The maximum absolute atomic E-state index is 11.2. The molecule has 0 aromatic carbocycles. The number of allylic oxidation sites excluding steroid dienone is 1. The molecule has 0 radical (unpaired) electrons. The van der Waals surface area contributed by atoms with Gasteiger partial charge in [0.15, 0.2) is 0 Å². The predicted octanol–water partition coefficient (Wildman–Crippen LogP) is 2.03. The van der Waals surface area contributed by atoms with Crippen molar-refractivity contribution in [3.8, 4) is 0 Å². The van der Waals surface area contributed by atoms with Gasteiger partial charge in [0.2, 0.25) is 5.91 Å². The predicted molar refractivity (Wildman–Crippen MR) is 60.7 cm³/mol. The van der Waals surface area contributed by atoms with E-state index in [0.717, 1.165) is 19.4 Å². The molecule has 0 saturated heterocycles. The highest BCUT2D eigenvalue weighted by Crippen LogP contribution is 2.19. The molecule has 1 N–H and O–H groups in total. The van der Waals surface area contributed by atoms with Gasteiger partial charge in [-0.1, -0.05) is 18.6 Å². The summed E-state index contributed by atoms with van der Waals surface area (Å²) >= 11 is 0. The van der Waals surface area contributed by atoms with E-state index < -0.39 is 0 Å². The van der Waals surface area contributed by atoms with Gasteiger partial charge in [-0.2, -0.15) is 0 Å². The van der Waals surface area contributed by atoms with E-state index in [1.807, 2.05) is 6.92 Å². The molecule has 0 saturated carbocycles. The Labute approximate surface area is 91.9 Å². The summed E-state index contributed by atoms with van der Waals surface area (Å²) in [6.45, 7) is 3.65. The van der Waals surface area contributed by atoms with E-state index in [2.05, 4.69) is 11.4 Å². The number of nitrogens with one attached hydrogen (secondary N) is 1. The van der Waals surface area contributed by atoms with Crippen LogP contribution in [0.25, 0.3) is 0 Å². The third-order valence-electron chi connectivity index (χ3n) is 2.48. The van der Waals surface area contributed by atoms with E-state index in [0.29, 0.717) is 6.61 Å². The minimum Gasteiger partial charge on any atom is -0.372 e. The lowest BCUT2D eigenvalue weighted by Crippen LogP contribution is -2.28. The fraction of sp³-hybridized carbons (Fsp3) is 0.750. The lowest BCUT2D eigenvalue weighted by atomic mass is 10.2. The van der Waals surface area contributed by atoms with Gasteiger partial charge in [-0.15, -0.1) is 0 Å². The van der Waals surface area contributed by atoms with E-state index in [1.165, 1.54) is 24.8 Å². The smallest absolute Gasteiger partial charge is 0.246 e. The van der Waals surface area contributed by atoms with Gasteiger partial charge in [0.05, 0.1) is 0 Å². The fourth-order valence-electron chi connectivity index (χ4n) is 1.69. The molecular formula is C12H21NO2. The first-order chi connectivity index (χ1) is 7.33. The Balaban J connectivity index is 1.96. The minimum atomic E-state index is 0.00190. The van der Waals surface area contributed by atoms with E-state index in [9.17, 15) is 4.79 Å². The van der Waals surface area contributed by atoms with Gasteiger partial charge < -0.3 is 10.1 Å². The Hall–Kier alpha value is -0.830. The Morgan fingerprint density at radius 2 is 2.47 bits per heavy atom. The molecule has 86 valence electrons. The van der Waals surface area contributed by atoms with Gasteiger partial charge in [0.1, 0.15) is 6.61 Å². The third-order valence-corrected chi connectivity index (χ3v) is 2.48. The average Bonchev–Trinajstić information content (AvgIpc) is 2.71. The van der Waals surface area contributed by atoms with Crippen molar-refractivity contribution in [2.24, 2.45) is 0 Å². The molecule has 0 atom stereocenters. The van der Waals surface area contributed by atoms with E-state index >= 15 is 0 Å². The van der Waals surface area contributed by atoms with Crippen LogP contribution in [0.1, 0.15) is 39.0 Å². The number of carbonyl (C=O) groups is 1. The van der Waals surface area contributed by atoms with E-state index in [1.54, 1.807) is 0 Å². The summed E-state index contributed by atoms with van der Waals surface area (Å²) in [5.41, 5.74) is 1.49. The zero-order valence-electron chi connectivity index (χ0n) is 9.55. The number of rotatable bonds is 7. The number of carbonyl (C=O) groups excluding carboxylic acids is 1. The first-order valence-corrected chi connectivity index (χ1v) is 5.85. The number of ether oxygens (including phenoxy) is 1. The maximum atomic E-state index is 11.2. The number of hydrogen-bond donors (Lipinski definition) is 1. The molecule has 3 nitrogen and oxygen atoms in total. The second-order valence-electron chi connectivity index (χ2n) is 3.91. The minimum absolute atomic E-state index is 0.00190. The summed E-state index contributed by atoms with van der Waals surface area (Å²) in [6.07, 6.45) is 7.95. The Morgan fingerprint density at radius 3 is 3.13 bits per heavy atom. The molecule has 0 unspecified atom stereocenters. The monoisotopic (exact) mass is 211 g/mol. The molecule has 0 bridgehead atoms. The molecule has 0 spiro atoms. The summed E-state index contributed by atoms with van der Waals surface area (Å²) in [6, 6.07) is 0. The summed E-state index contributed by atoms with van der Waals surface area (Å²) in [4.78, 5) is 11.2. The van der Waals surface area contributed by atoms with Gasteiger partial charge in [-0.3, -0.25) is 4.79 Å². The van der Waals surface area contributed by atoms with Gasteiger partial charge in [0.25, 0.3) is 0 Å². The van der Waals surface area contributed by atoms with Crippen LogP contribution in [0.3, 0.4) is 0 Å². The van der Waals surface area contributed by atoms with E-state index in [-0.39, 0.29) is 12.5 Å². The largest absolute Gasteiger partial charge is 0.372 e. The van der Waals surface area contributed by atoms with Crippen LogP contribution in [0, 0.1) is 0 Å². The molecule has 0 aliphatic heterocycles. The highest BCUT2D eigenvalue weighted by atomic mass is 16.5. The van der Waals surface area contributed by atoms with Crippen molar-refractivity contribution in [2.45, 2.75) is 39.0 Å². The van der Waals surface area contributed by atoms with Crippen molar-refractivity contribution >= 4 is 5.91 Å². The topological polar surface area (TPSA) is 38.3 Å². The van der Waals surface area contributed by atoms with Crippen LogP contribution in [-0.4, -0.2) is 25.7 Å². The third kappa shape index (κ3) is 5.57. The second kappa shape index (κ2) is 7.46. The van der Waals surface area contributed by atoms with Gasteiger partial charge >= 0.3 is 0 Å². The van der Waals surface area contributed by atoms with Crippen molar-refractivity contribution in [2.75, 3.05) is 19.8 Å². The first-order valence-electron chi connectivity index (χ1n) is 5.85. The highest BCUT2D eigenvalue weighted by molar-refractivity contribution is 5.77. The SMILES string of the molecule is CCCOCC(=O)NCCC1=CCCC1. The molecule has 0 aromatic heterocycles. The molecule has 1 amide bonds. The molecule has 3 heteroatoms. The maximum Gasteiger partial charge on any atom is 0.246 e. The normalized spacial score (nSPS) is 15.1. The standard InChI is InChI=1S/C12H21NO2/c1-2-9-15-10-12(14)13-8-7-11-5-3-4-6-11/h5H,2-4,6-10H2,1H3,(H,13,14). The van der Waals surface area contributed by atoms with Crippen LogP contribution >= 0.6 is 0 Å². The molecule has 1 aliphatic rings. The van der Waals surface area contributed by atoms with Crippen molar-refractivity contribution in [1.82, 2.24) is 5.32 Å². The quantitative estimate of drug-likeness (QED) is 0.517. The molecule has 1 aliphatic carbocycles. The van der Waals surface area contributed by atoms with Crippen LogP contribution in [0.5, 0.6) is 0 Å². The highest BCUT2D eigenvalue weighted by Gasteiger charge is 2.05. The van der Waals surface area contributed by atoms with Gasteiger partial charge in [0, 0.05) is 13.2 Å². The lowest BCUT2D eigenvalue weighted by Gasteiger charge is -2.06. The van der Waals surface area contributed by atoms with Crippen molar-refractivity contribution in [3.63, 3.8) is 0 Å². The summed E-state index contributed by atoms with van der Waals surface area (Å²) in [7, 11) is 0. The van der Waals surface area contributed by atoms with Gasteiger partial charge in [-0.05, 0) is 32.1 Å². The Kier molecular flexibility index (Phi) is 6.09. The summed E-state index contributed by atoms with van der Waals surface area (Å²) in [5.74, 6) is 0.00190. The Bertz CT molecular complexity index is 224. The van der Waals surface area contributed by atoms with Crippen LogP contribution < -0.4 is 5.32 Å². The Morgan fingerprint density at radius 1 is 1.60 bits per heavy atom. The van der Waals surface area contributed by atoms with Crippen LogP contribution in [0.2, 0.25) is 0 Å². The molecule has 0 aromatic rings. The van der Waals surface area contributed by atoms with Crippen LogP contribution in [-0.2, 0) is 9.53 Å². The number of hydrogen-bond acceptors (Lipinski definition) is 2. The van der Waals surface area contributed by atoms with Crippen LogP contribution in [0.4, 0.5) is 0 Å². The first kappa shape index (κ1) is 12.2. The molecule has 0 fully saturated rings. The number of amides is 1. The molecule has 1 rings (SSSR count). The average molecular weight is 211 g/mol. The molecule has 15 heavy (non-hydrogen) atoms. The second-order valence-corrected chi connectivity index (χ2v) is 3.91. The lowest BCUT2D eigenvalue weighted by molar-refractivity contribution is -0.125. The van der Waals surface area contributed by atoms with Gasteiger partial charge in [-0.25, -0.2) is 0 Å². The van der Waals surface area contributed by atoms with Crippen molar-refractivity contribution < 1.29 is 9.53 Å². The summed E-state index contributed by atoms with van der Waals surface area (Å²) in [5, 5.41) is 2.86. The van der Waals surface area contributed by atoms with Crippen molar-refractivity contribution in [1.29, 1.82) is 0 Å². The summed E-state index contributed by atoms with van der Waals surface area (Å²) < 4.78 is 5.14. The van der Waals surface area contributed by atoms with Crippen molar-refractivity contribution in [3.05, 3.63) is 11.6 Å². The molecular weight excluding hydrogens is 190 g/mol. The zero-order valence-corrected chi connectivity index (χ0v) is 9.55. The molecule has 0 heterocycles. The van der Waals surface area contributed by atoms with E-state index in [4.69, 9.17) is 4.74 Å².